The summed E-state index contributed by atoms with van der Waals surface area (Å²) in [6.45, 7) is 2.26. The molecule has 1 atom stereocenters. The van der Waals surface area contributed by atoms with E-state index in [0.717, 1.165) is 30.1 Å². The Morgan fingerprint density at radius 1 is 1.69 bits per heavy atom. The van der Waals surface area contributed by atoms with E-state index < -0.39 is 6.10 Å². The number of nitrogens with zero attached hydrogens (tertiary/aromatic N) is 2. The monoisotopic (exact) mass is 241 g/mol. The van der Waals surface area contributed by atoms with Crippen LogP contribution >= 0.6 is 11.5 Å². The molecule has 88 valence electrons. The quantitative estimate of drug-likeness (QED) is 0.791. The van der Waals surface area contributed by atoms with Gasteiger partial charge in [0.25, 0.3) is 5.91 Å². The summed E-state index contributed by atoms with van der Waals surface area (Å²) in [6, 6.07) is 0. The fraction of sp³-hybridized carbons (Fsp3) is 0.700. The zero-order chi connectivity index (χ0) is 11.5. The van der Waals surface area contributed by atoms with Crippen LogP contribution in [0.5, 0.6) is 0 Å². The average Bonchev–Trinajstić information content (AvgIpc) is 3.03. The lowest BCUT2D eigenvalue weighted by atomic mass is 10.2. The molecule has 2 N–H and O–H groups in total. The van der Waals surface area contributed by atoms with Crippen molar-refractivity contribution in [1.29, 1.82) is 0 Å². The van der Waals surface area contributed by atoms with Crippen molar-refractivity contribution in [2.24, 2.45) is 5.92 Å². The van der Waals surface area contributed by atoms with Crippen LogP contribution in [0.4, 0.5) is 0 Å². The fourth-order valence-corrected chi connectivity index (χ4v) is 2.20. The maximum absolute atomic E-state index is 11.7. The summed E-state index contributed by atoms with van der Waals surface area (Å²) in [5.41, 5.74) is 0.725. The second kappa shape index (κ2) is 4.88. The van der Waals surface area contributed by atoms with Gasteiger partial charge in [-0.1, -0.05) is 11.4 Å². The Hall–Kier alpha value is -1.01. The van der Waals surface area contributed by atoms with Crippen molar-refractivity contribution in [3.8, 4) is 0 Å². The summed E-state index contributed by atoms with van der Waals surface area (Å²) in [4.78, 5) is 12.3. The number of aromatic nitrogens is 2. The highest BCUT2D eigenvalue weighted by Crippen LogP contribution is 2.32. The molecule has 0 aliphatic heterocycles. The smallest absolute Gasteiger partial charge is 0.265 e. The Morgan fingerprint density at radius 2 is 2.44 bits per heavy atom. The van der Waals surface area contributed by atoms with Gasteiger partial charge in [0.05, 0.1) is 11.8 Å². The van der Waals surface area contributed by atoms with Crippen LogP contribution in [-0.2, 0) is 6.42 Å². The number of aryl methyl sites for hydroxylation is 1. The number of aliphatic hydroxyl groups excluding tert-OH is 1. The van der Waals surface area contributed by atoms with Gasteiger partial charge in [-0.15, -0.1) is 5.10 Å². The van der Waals surface area contributed by atoms with Crippen LogP contribution in [0.15, 0.2) is 0 Å². The number of amides is 1. The van der Waals surface area contributed by atoms with Gasteiger partial charge in [-0.3, -0.25) is 4.79 Å². The van der Waals surface area contributed by atoms with Crippen molar-refractivity contribution in [3.63, 3.8) is 0 Å². The Labute approximate surface area is 98.0 Å². The van der Waals surface area contributed by atoms with Crippen LogP contribution in [0.25, 0.3) is 0 Å². The number of aliphatic hydroxyl groups is 1. The molecule has 0 aromatic carbocycles. The first-order valence-corrected chi connectivity index (χ1v) is 6.27. The van der Waals surface area contributed by atoms with Gasteiger partial charge in [-0.2, -0.15) is 0 Å². The van der Waals surface area contributed by atoms with Crippen molar-refractivity contribution >= 4 is 17.4 Å². The SMILES string of the molecule is CCc1nnsc1C(=O)NCC(O)C1CC1. The Balaban J connectivity index is 1.87. The van der Waals surface area contributed by atoms with Crippen LogP contribution in [0, 0.1) is 5.92 Å². The summed E-state index contributed by atoms with van der Waals surface area (Å²) in [5, 5.41) is 16.2. The molecule has 1 aromatic heterocycles. The predicted octanol–water partition coefficient (Wildman–Crippen LogP) is 0.601. The molecule has 0 saturated heterocycles. The molecule has 1 fully saturated rings. The van der Waals surface area contributed by atoms with Gasteiger partial charge in [0.2, 0.25) is 0 Å². The number of rotatable bonds is 5. The minimum absolute atomic E-state index is 0.174. The van der Waals surface area contributed by atoms with E-state index in [1.165, 1.54) is 0 Å². The molecular formula is C10H15N3O2S. The van der Waals surface area contributed by atoms with Crippen molar-refractivity contribution in [2.45, 2.75) is 32.3 Å². The average molecular weight is 241 g/mol. The van der Waals surface area contributed by atoms with Crippen LogP contribution < -0.4 is 5.32 Å². The van der Waals surface area contributed by atoms with Gasteiger partial charge in [-0.25, -0.2) is 0 Å². The van der Waals surface area contributed by atoms with E-state index in [2.05, 4.69) is 14.9 Å². The third-order valence-electron chi connectivity index (χ3n) is 2.73. The normalized spacial score (nSPS) is 17.1. The van der Waals surface area contributed by atoms with Crippen LogP contribution in [0.3, 0.4) is 0 Å². The zero-order valence-electron chi connectivity index (χ0n) is 9.14. The molecule has 1 aliphatic carbocycles. The second-order valence-electron chi connectivity index (χ2n) is 4.02. The minimum atomic E-state index is -0.407. The predicted molar refractivity (Wildman–Crippen MR) is 60.4 cm³/mol. The molecule has 0 spiro atoms. The third kappa shape index (κ3) is 2.56. The number of hydrogen-bond acceptors (Lipinski definition) is 5. The fourth-order valence-electron chi connectivity index (χ4n) is 1.54. The highest BCUT2D eigenvalue weighted by Gasteiger charge is 2.30. The molecule has 6 heteroatoms. The van der Waals surface area contributed by atoms with Gasteiger partial charge in [0.1, 0.15) is 4.88 Å². The Kier molecular flexibility index (Phi) is 3.50. The summed E-state index contributed by atoms with van der Waals surface area (Å²) in [6.07, 6.45) is 2.43. The summed E-state index contributed by atoms with van der Waals surface area (Å²) in [7, 11) is 0. The second-order valence-corrected chi connectivity index (χ2v) is 4.77. The van der Waals surface area contributed by atoms with E-state index in [-0.39, 0.29) is 5.91 Å². The molecule has 1 amide bonds. The maximum Gasteiger partial charge on any atom is 0.265 e. The first-order valence-electron chi connectivity index (χ1n) is 5.49. The van der Waals surface area contributed by atoms with E-state index in [0.29, 0.717) is 23.8 Å². The molecule has 0 radical (unpaired) electrons. The lowest BCUT2D eigenvalue weighted by molar-refractivity contribution is 0.0904. The molecule has 0 bridgehead atoms. The molecule has 1 heterocycles. The highest BCUT2D eigenvalue weighted by molar-refractivity contribution is 7.08. The Bertz CT molecular complexity index is 376. The molecule has 2 rings (SSSR count). The zero-order valence-corrected chi connectivity index (χ0v) is 9.96. The van der Waals surface area contributed by atoms with Crippen LogP contribution in [0.2, 0.25) is 0 Å². The Morgan fingerprint density at radius 3 is 3.06 bits per heavy atom. The van der Waals surface area contributed by atoms with Crippen molar-refractivity contribution in [3.05, 3.63) is 10.6 Å². The van der Waals surface area contributed by atoms with Gasteiger partial charge >= 0.3 is 0 Å². The van der Waals surface area contributed by atoms with Crippen molar-refractivity contribution in [1.82, 2.24) is 14.9 Å². The molecule has 1 saturated carbocycles. The molecule has 1 unspecified atom stereocenters. The van der Waals surface area contributed by atoms with Crippen molar-refractivity contribution in [2.75, 3.05) is 6.54 Å². The van der Waals surface area contributed by atoms with E-state index in [1.807, 2.05) is 6.92 Å². The lowest BCUT2D eigenvalue weighted by Crippen LogP contribution is -2.33. The standard InChI is InChI=1S/C10H15N3O2S/c1-2-7-9(16-13-12-7)10(15)11-5-8(14)6-3-4-6/h6,8,14H,2-5H2,1H3,(H,11,15). The van der Waals surface area contributed by atoms with E-state index in [4.69, 9.17) is 0 Å². The van der Waals surface area contributed by atoms with Gasteiger partial charge in [0.15, 0.2) is 0 Å². The number of carbonyl (C=O) groups excluding carboxylic acids is 1. The topological polar surface area (TPSA) is 75.1 Å². The van der Waals surface area contributed by atoms with Gasteiger partial charge in [-0.05, 0) is 36.7 Å². The number of nitrogens with one attached hydrogen (secondary N) is 1. The van der Waals surface area contributed by atoms with E-state index in [1.54, 1.807) is 0 Å². The number of carbonyl (C=O) groups is 1. The molecule has 1 aliphatic rings. The summed E-state index contributed by atoms with van der Waals surface area (Å²) in [5.74, 6) is 0.206. The third-order valence-corrected chi connectivity index (χ3v) is 3.50. The molecule has 5 nitrogen and oxygen atoms in total. The number of hydrogen-bond donors (Lipinski definition) is 2. The maximum atomic E-state index is 11.7. The molecule has 1 aromatic rings. The highest BCUT2D eigenvalue weighted by atomic mass is 32.1. The van der Waals surface area contributed by atoms with Crippen molar-refractivity contribution < 1.29 is 9.90 Å². The van der Waals surface area contributed by atoms with Crippen LogP contribution in [0.1, 0.15) is 35.1 Å². The van der Waals surface area contributed by atoms with Gasteiger partial charge in [0, 0.05) is 6.54 Å². The van der Waals surface area contributed by atoms with Crippen LogP contribution in [-0.4, -0.2) is 33.2 Å². The van der Waals surface area contributed by atoms with Gasteiger partial charge < -0.3 is 10.4 Å². The minimum Gasteiger partial charge on any atom is -0.391 e. The van der Waals surface area contributed by atoms with E-state index >= 15 is 0 Å². The summed E-state index contributed by atoms with van der Waals surface area (Å²) >= 11 is 1.10. The molecular weight excluding hydrogens is 226 g/mol. The lowest BCUT2D eigenvalue weighted by Gasteiger charge is -2.09. The first kappa shape index (κ1) is 11.5. The first-order chi connectivity index (χ1) is 7.72. The largest absolute Gasteiger partial charge is 0.391 e. The van der Waals surface area contributed by atoms with E-state index in [9.17, 15) is 9.90 Å². The molecule has 16 heavy (non-hydrogen) atoms. The summed E-state index contributed by atoms with van der Waals surface area (Å²) < 4.78 is 3.76.